The van der Waals surface area contributed by atoms with E-state index in [0.29, 0.717) is 11.5 Å². The molecule has 0 aromatic rings. The van der Waals surface area contributed by atoms with Crippen molar-refractivity contribution in [1.82, 2.24) is 0 Å². The molecule has 0 radical (unpaired) electrons. The fraction of sp³-hybridized carbons (Fsp3) is 0.571. The number of nitrogens with zero attached hydrogens (tertiary/aromatic N) is 1. The fourth-order valence-corrected chi connectivity index (χ4v) is 1.64. The van der Waals surface area contributed by atoms with Crippen molar-refractivity contribution >= 4 is 22.8 Å². The lowest BCUT2D eigenvalue weighted by molar-refractivity contribution is -0.114. The molecular weight excluding hydrogens is 244 g/mol. The number of allylic oxidation sites excluding steroid dienone is 2. The lowest BCUT2D eigenvalue weighted by Crippen LogP contribution is -2.09. The zero-order valence-corrected chi connectivity index (χ0v) is 12.6. The number of amidine groups is 1. The average molecular weight is 268 g/mol. The summed E-state index contributed by atoms with van der Waals surface area (Å²) >= 11 is 1.25. The second kappa shape index (κ2) is 9.95. The lowest BCUT2D eigenvalue weighted by atomic mass is 10.0. The van der Waals surface area contributed by atoms with E-state index in [4.69, 9.17) is 5.73 Å². The maximum absolute atomic E-state index is 11.7. The fourth-order valence-electron chi connectivity index (χ4n) is 1.23. The van der Waals surface area contributed by atoms with Crippen LogP contribution >= 0.6 is 11.8 Å². The first kappa shape index (κ1) is 17.0. The molecule has 0 saturated heterocycles. The van der Waals surface area contributed by atoms with Crippen molar-refractivity contribution in [2.75, 3.05) is 0 Å². The molecule has 2 N–H and O–H groups in total. The number of hydrogen-bond acceptors (Lipinski definition) is 2. The van der Waals surface area contributed by atoms with Gasteiger partial charge in [-0.2, -0.15) is 4.99 Å². The summed E-state index contributed by atoms with van der Waals surface area (Å²) < 4.78 is 0. The number of hydrogen-bond donors (Lipinski definition) is 1. The Labute approximate surface area is 115 Å². The van der Waals surface area contributed by atoms with Gasteiger partial charge in [0, 0.05) is 5.57 Å². The van der Waals surface area contributed by atoms with Gasteiger partial charge in [-0.3, -0.25) is 4.79 Å². The van der Waals surface area contributed by atoms with Crippen LogP contribution in [0.5, 0.6) is 0 Å². The molecule has 4 heteroatoms. The van der Waals surface area contributed by atoms with Crippen LogP contribution in [0.15, 0.2) is 28.1 Å². The molecule has 0 saturated carbocycles. The molecule has 0 heterocycles. The van der Waals surface area contributed by atoms with Gasteiger partial charge in [0.25, 0.3) is 5.91 Å². The van der Waals surface area contributed by atoms with Crippen molar-refractivity contribution in [3.05, 3.63) is 23.1 Å². The van der Waals surface area contributed by atoms with Gasteiger partial charge in [-0.1, -0.05) is 44.2 Å². The SMILES string of the molecule is CC=CSC(N)=NC(=O)C(C)=CCCC(C)CC. The van der Waals surface area contributed by atoms with Gasteiger partial charge in [0.15, 0.2) is 5.17 Å². The van der Waals surface area contributed by atoms with E-state index >= 15 is 0 Å². The summed E-state index contributed by atoms with van der Waals surface area (Å²) in [5.41, 5.74) is 6.28. The highest BCUT2D eigenvalue weighted by molar-refractivity contribution is 8.16. The van der Waals surface area contributed by atoms with Crippen molar-refractivity contribution in [2.24, 2.45) is 16.6 Å². The lowest BCUT2D eigenvalue weighted by Gasteiger charge is -2.05. The topological polar surface area (TPSA) is 55.4 Å². The molecule has 0 fully saturated rings. The average Bonchev–Trinajstić information content (AvgIpc) is 2.35. The van der Waals surface area contributed by atoms with E-state index in [-0.39, 0.29) is 11.1 Å². The number of thioether (sulfide) groups is 1. The highest BCUT2D eigenvalue weighted by Gasteiger charge is 2.04. The summed E-state index contributed by atoms with van der Waals surface area (Å²) in [5, 5.41) is 2.08. The molecule has 0 aromatic heterocycles. The van der Waals surface area contributed by atoms with Crippen molar-refractivity contribution in [3.8, 4) is 0 Å². The second-order valence-corrected chi connectivity index (χ2v) is 5.25. The Hall–Kier alpha value is -1.03. The van der Waals surface area contributed by atoms with Crippen molar-refractivity contribution < 1.29 is 4.79 Å². The third kappa shape index (κ3) is 8.12. The third-order valence-electron chi connectivity index (χ3n) is 2.68. The van der Waals surface area contributed by atoms with E-state index in [1.807, 2.05) is 19.1 Å². The molecule has 1 atom stereocenters. The Morgan fingerprint density at radius 2 is 2.17 bits per heavy atom. The molecule has 0 rings (SSSR count). The van der Waals surface area contributed by atoms with Crippen LogP contribution in [0.25, 0.3) is 0 Å². The quantitative estimate of drug-likeness (QED) is 0.452. The Balaban J connectivity index is 4.28. The zero-order valence-electron chi connectivity index (χ0n) is 11.8. The predicted molar refractivity (Wildman–Crippen MR) is 81.5 cm³/mol. The maximum atomic E-state index is 11.7. The minimum absolute atomic E-state index is 0.242. The van der Waals surface area contributed by atoms with Crippen LogP contribution in [0.3, 0.4) is 0 Å². The summed E-state index contributed by atoms with van der Waals surface area (Å²) in [6.07, 6.45) is 7.00. The number of amides is 1. The first-order chi connectivity index (χ1) is 8.51. The van der Waals surface area contributed by atoms with E-state index in [1.165, 1.54) is 18.2 Å². The third-order valence-corrected chi connectivity index (χ3v) is 3.42. The molecule has 0 bridgehead atoms. The van der Waals surface area contributed by atoms with Gasteiger partial charge in [-0.05, 0) is 38.0 Å². The highest BCUT2D eigenvalue weighted by Crippen LogP contribution is 2.11. The predicted octanol–water partition coefficient (Wildman–Crippen LogP) is 3.87. The van der Waals surface area contributed by atoms with Crippen LogP contribution in [0.2, 0.25) is 0 Å². The standard InChI is InChI=1S/C14H24N2OS/c1-5-10-18-14(15)16-13(17)12(4)9-7-8-11(3)6-2/h5,9-11H,6-8H2,1-4H3,(H2,15,16,17). The van der Waals surface area contributed by atoms with Gasteiger partial charge in [0.1, 0.15) is 0 Å². The first-order valence-corrected chi connectivity index (χ1v) is 7.22. The summed E-state index contributed by atoms with van der Waals surface area (Å²) in [6, 6.07) is 0. The summed E-state index contributed by atoms with van der Waals surface area (Å²) in [6.45, 7) is 8.07. The van der Waals surface area contributed by atoms with Crippen LogP contribution in [0, 0.1) is 5.92 Å². The van der Waals surface area contributed by atoms with Gasteiger partial charge in [-0.25, -0.2) is 0 Å². The molecular formula is C14H24N2OS. The molecule has 0 spiro atoms. The van der Waals surface area contributed by atoms with E-state index < -0.39 is 0 Å². The maximum Gasteiger partial charge on any atom is 0.274 e. The van der Waals surface area contributed by atoms with E-state index in [2.05, 4.69) is 18.8 Å². The minimum atomic E-state index is -0.242. The molecule has 102 valence electrons. The number of rotatable bonds is 6. The van der Waals surface area contributed by atoms with Crippen LogP contribution in [0.1, 0.15) is 47.0 Å². The molecule has 0 aliphatic carbocycles. The van der Waals surface area contributed by atoms with E-state index in [1.54, 1.807) is 12.3 Å². The Morgan fingerprint density at radius 1 is 1.50 bits per heavy atom. The zero-order chi connectivity index (χ0) is 14.0. The second-order valence-electron chi connectivity index (χ2n) is 4.32. The summed E-state index contributed by atoms with van der Waals surface area (Å²) in [5.74, 6) is 0.455. The number of carbonyl (C=O) groups excluding carboxylic acids is 1. The van der Waals surface area contributed by atoms with Gasteiger partial charge >= 0.3 is 0 Å². The molecule has 0 aromatic carbocycles. The van der Waals surface area contributed by atoms with Crippen LogP contribution < -0.4 is 5.73 Å². The molecule has 0 aliphatic rings. The molecule has 18 heavy (non-hydrogen) atoms. The number of nitrogens with two attached hydrogens (primary N) is 1. The smallest absolute Gasteiger partial charge is 0.274 e. The molecule has 0 aliphatic heterocycles. The Morgan fingerprint density at radius 3 is 2.72 bits per heavy atom. The van der Waals surface area contributed by atoms with Gasteiger partial charge in [-0.15, -0.1) is 0 Å². The number of aliphatic imine (C=N–C) groups is 1. The Bertz CT molecular complexity index is 346. The first-order valence-electron chi connectivity index (χ1n) is 6.34. The van der Waals surface area contributed by atoms with Crippen molar-refractivity contribution in [3.63, 3.8) is 0 Å². The monoisotopic (exact) mass is 268 g/mol. The van der Waals surface area contributed by atoms with Gasteiger partial charge in [0.05, 0.1) is 0 Å². The van der Waals surface area contributed by atoms with Crippen LogP contribution in [0.4, 0.5) is 0 Å². The Kier molecular flexibility index (Phi) is 9.38. The van der Waals surface area contributed by atoms with Gasteiger partial charge in [0.2, 0.25) is 0 Å². The minimum Gasteiger partial charge on any atom is -0.378 e. The van der Waals surface area contributed by atoms with Crippen molar-refractivity contribution in [2.45, 2.75) is 47.0 Å². The molecule has 1 unspecified atom stereocenters. The largest absolute Gasteiger partial charge is 0.378 e. The van der Waals surface area contributed by atoms with E-state index in [0.717, 1.165) is 12.8 Å². The van der Waals surface area contributed by atoms with Gasteiger partial charge < -0.3 is 5.73 Å². The summed E-state index contributed by atoms with van der Waals surface area (Å²) in [4.78, 5) is 15.5. The molecule has 3 nitrogen and oxygen atoms in total. The normalized spacial score (nSPS) is 15.1. The van der Waals surface area contributed by atoms with Crippen LogP contribution in [-0.4, -0.2) is 11.1 Å². The molecule has 1 amide bonds. The van der Waals surface area contributed by atoms with E-state index in [9.17, 15) is 4.79 Å². The van der Waals surface area contributed by atoms with Crippen LogP contribution in [-0.2, 0) is 4.79 Å². The summed E-state index contributed by atoms with van der Waals surface area (Å²) in [7, 11) is 0. The van der Waals surface area contributed by atoms with Crippen molar-refractivity contribution in [1.29, 1.82) is 0 Å². The number of carbonyl (C=O) groups is 1. The highest BCUT2D eigenvalue weighted by atomic mass is 32.2.